The van der Waals surface area contributed by atoms with Crippen LogP contribution >= 0.6 is 0 Å². The lowest BCUT2D eigenvalue weighted by molar-refractivity contribution is -0.168. The summed E-state index contributed by atoms with van der Waals surface area (Å²) in [6.45, 7) is 15.3. The van der Waals surface area contributed by atoms with E-state index in [1.165, 1.54) is 11.1 Å². The maximum absolute atomic E-state index is 6.33. The number of hydrogen-bond acceptors (Lipinski definition) is 4. The van der Waals surface area contributed by atoms with Gasteiger partial charge in [0.1, 0.15) is 23.6 Å². The molecule has 0 saturated carbocycles. The van der Waals surface area contributed by atoms with Gasteiger partial charge in [-0.05, 0) is 58.4 Å². The fourth-order valence-electron chi connectivity index (χ4n) is 3.65. The van der Waals surface area contributed by atoms with Gasteiger partial charge in [0.25, 0.3) is 0 Å². The van der Waals surface area contributed by atoms with E-state index >= 15 is 0 Å². The van der Waals surface area contributed by atoms with Crippen molar-refractivity contribution in [1.82, 2.24) is 0 Å². The molecule has 1 aliphatic rings. The zero-order chi connectivity index (χ0) is 21.0. The van der Waals surface area contributed by atoms with E-state index in [1.807, 2.05) is 33.8 Å². The van der Waals surface area contributed by atoms with Gasteiger partial charge >= 0.3 is 0 Å². The molecule has 0 amide bonds. The van der Waals surface area contributed by atoms with Gasteiger partial charge in [0.15, 0.2) is 0 Å². The van der Waals surface area contributed by atoms with Crippen LogP contribution in [0.3, 0.4) is 0 Å². The largest absolute Gasteiger partial charge is 0.485 e. The lowest BCUT2D eigenvalue weighted by Crippen LogP contribution is -2.51. The van der Waals surface area contributed by atoms with Crippen molar-refractivity contribution >= 4 is 5.69 Å². The van der Waals surface area contributed by atoms with Crippen molar-refractivity contribution in [3.05, 3.63) is 71.8 Å². The summed E-state index contributed by atoms with van der Waals surface area (Å²) in [6, 6.07) is 14.8. The van der Waals surface area contributed by atoms with Crippen LogP contribution in [0, 0.1) is 6.92 Å². The molecule has 2 unspecified atom stereocenters. The average Bonchev–Trinajstić information content (AvgIpc) is 2.66. The van der Waals surface area contributed by atoms with Gasteiger partial charge in [-0.2, -0.15) is 0 Å². The summed E-state index contributed by atoms with van der Waals surface area (Å²) in [4.78, 5) is 0. The lowest BCUT2D eigenvalue weighted by atomic mass is 9.87. The Balaban J connectivity index is 1.86. The van der Waals surface area contributed by atoms with Gasteiger partial charge in [0.2, 0.25) is 0 Å². The third-order valence-corrected chi connectivity index (χ3v) is 5.08. The van der Waals surface area contributed by atoms with Crippen molar-refractivity contribution in [2.45, 2.75) is 65.1 Å². The predicted molar refractivity (Wildman–Crippen MR) is 119 cm³/mol. The Kier molecular flexibility index (Phi) is 6.66. The molecule has 0 saturated heterocycles. The van der Waals surface area contributed by atoms with Crippen LogP contribution in [0.2, 0.25) is 0 Å². The van der Waals surface area contributed by atoms with E-state index in [4.69, 9.17) is 14.2 Å². The molecule has 2 aromatic carbocycles. The highest BCUT2D eigenvalue weighted by molar-refractivity contribution is 5.54. The second-order valence-electron chi connectivity index (χ2n) is 8.45. The molecule has 4 nitrogen and oxygen atoms in total. The van der Waals surface area contributed by atoms with Gasteiger partial charge in [-0.15, -0.1) is 6.58 Å². The number of ether oxygens (including phenoxy) is 3. The Morgan fingerprint density at radius 2 is 1.90 bits per heavy atom. The monoisotopic (exact) mass is 395 g/mol. The van der Waals surface area contributed by atoms with Crippen LogP contribution in [0.25, 0.3) is 0 Å². The van der Waals surface area contributed by atoms with Crippen LogP contribution in [-0.4, -0.2) is 24.4 Å². The fourth-order valence-corrected chi connectivity index (χ4v) is 3.65. The molecule has 1 N–H and O–H groups in total. The molecule has 2 aromatic rings. The minimum atomic E-state index is -0.508. The summed E-state index contributed by atoms with van der Waals surface area (Å²) in [5.41, 5.74) is 4.05. The second kappa shape index (κ2) is 9.02. The molecule has 2 atom stereocenters. The van der Waals surface area contributed by atoms with E-state index in [9.17, 15) is 0 Å². The highest BCUT2D eigenvalue weighted by atomic mass is 16.6. The van der Waals surface area contributed by atoms with E-state index in [1.54, 1.807) is 6.08 Å². The Hall–Kier alpha value is -2.30. The van der Waals surface area contributed by atoms with E-state index < -0.39 is 5.60 Å². The SMILES string of the molecule is C=CCOC1C(OC(C)C)c2cc(NCc3ccc(C)cc3)ccc2OC1(C)C. The highest BCUT2D eigenvalue weighted by Gasteiger charge is 2.45. The molecule has 0 aliphatic carbocycles. The maximum Gasteiger partial charge on any atom is 0.132 e. The Labute approximate surface area is 174 Å². The number of hydrogen-bond donors (Lipinski definition) is 1. The van der Waals surface area contributed by atoms with Gasteiger partial charge in [-0.25, -0.2) is 0 Å². The number of anilines is 1. The van der Waals surface area contributed by atoms with E-state index in [2.05, 4.69) is 55.2 Å². The van der Waals surface area contributed by atoms with Crippen molar-refractivity contribution in [2.75, 3.05) is 11.9 Å². The van der Waals surface area contributed by atoms with Crippen molar-refractivity contribution in [3.63, 3.8) is 0 Å². The highest BCUT2D eigenvalue weighted by Crippen LogP contribution is 2.44. The topological polar surface area (TPSA) is 39.7 Å². The number of rotatable bonds is 8. The van der Waals surface area contributed by atoms with Gasteiger partial charge in [0.05, 0.1) is 12.7 Å². The summed E-state index contributed by atoms with van der Waals surface area (Å²) in [5.74, 6) is 0.847. The second-order valence-corrected chi connectivity index (χ2v) is 8.45. The van der Waals surface area contributed by atoms with Crippen LogP contribution in [0.1, 0.15) is 50.5 Å². The molecule has 0 spiro atoms. The smallest absolute Gasteiger partial charge is 0.132 e. The van der Waals surface area contributed by atoms with Crippen molar-refractivity contribution in [2.24, 2.45) is 0 Å². The van der Waals surface area contributed by atoms with E-state index in [-0.39, 0.29) is 18.3 Å². The average molecular weight is 396 g/mol. The molecule has 156 valence electrons. The molecule has 29 heavy (non-hydrogen) atoms. The van der Waals surface area contributed by atoms with Crippen LogP contribution in [0.15, 0.2) is 55.1 Å². The standard InChI is InChI=1S/C25H33NO3/c1-7-14-27-24-23(28-17(2)3)21-15-20(12-13-22(21)29-25(24,5)6)26-16-19-10-8-18(4)9-11-19/h7-13,15,17,23-24,26H,1,14,16H2,2-6H3. The van der Waals surface area contributed by atoms with Crippen molar-refractivity contribution in [1.29, 1.82) is 0 Å². The number of aryl methyl sites for hydroxylation is 1. The Morgan fingerprint density at radius 3 is 2.55 bits per heavy atom. The Bertz CT molecular complexity index is 826. The minimum Gasteiger partial charge on any atom is -0.485 e. The summed E-state index contributed by atoms with van der Waals surface area (Å²) in [5, 5.41) is 3.52. The maximum atomic E-state index is 6.33. The van der Waals surface area contributed by atoms with Crippen LogP contribution in [0.5, 0.6) is 5.75 Å². The Morgan fingerprint density at radius 1 is 1.17 bits per heavy atom. The first kappa shape index (κ1) is 21.4. The normalized spacial score (nSPS) is 20.1. The summed E-state index contributed by atoms with van der Waals surface area (Å²) in [7, 11) is 0. The first-order valence-corrected chi connectivity index (χ1v) is 10.3. The third-order valence-electron chi connectivity index (χ3n) is 5.08. The molecular formula is C25H33NO3. The molecular weight excluding hydrogens is 362 g/mol. The number of nitrogens with one attached hydrogen (secondary N) is 1. The van der Waals surface area contributed by atoms with Crippen LogP contribution < -0.4 is 10.1 Å². The van der Waals surface area contributed by atoms with Crippen LogP contribution in [-0.2, 0) is 16.0 Å². The van der Waals surface area contributed by atoms with Gasteiger partial charge in [0, 0.05) is 17.8 Å². The van der Waals surface area contributed by atoms with Gasteiger partial charge in [-0.1, -0.05) is 35.9 Å². The van der Waals surface area contributed by atoms with Crippen molar-refractivity contribution < 1.29 is 14.2 Å². The lowest BCUT2D eigenvalue weighted by Gasteiger charge is -2.44. The number of benzene rings is 2. The predicted octanol–water partition coefficient (Wildman–Crippen LogP) is 5.82. The molecule has 0 bridgehead atoms. The molecule has 0 radical (unpaired) electrons. The molecule has 0 aromatic heterocycles. The summed E-state index contributed by atoms with van der Waals surface area (Å²) in [6.07, 6.45) is 1.38. The van der Waals surface area contributed by atoms with Crippen LogP contribution in [0.4, 0.5) is 5.69 Å². The summed E-state index contributed by atoms with van der Waals surface area (Å²) >= 11 is 0. The molecule has 3 rings (SSSR count). The molecule has 1 heterocycles. The zero-order valence-electron chi connectivity index (χ0n) is 18.2. The van der Waals surface area contributed by atoms with Crippen molar-refractivity contribution in [3.8, 4) is 5.75 Å². The quantitative estimate of drug-likeness (QED) is 0.572. The van der Waals surface area contributed by atoms with E-state index in [0.29, 0.717) is 6.61 Å². The van der Waals surface area contributed by atoms with Gasteiger partial charge in [-0.3, -0.25) is 0 Å². The van der Waals surface area contributed by atoms with E-state index in [0.717, 1.165) is 23.5 Å². The number of fused-ring (bicyclic) bond motifs is 1. The fraction of sp³-hybridized carbons (Fsp3) is 0.440. The zero-order valence-corrected chi connectivity index (χ0v) is 18.2. The molecule has 0 fully saturated rings. The minimum absolute atomic E-state index is 0.0701. The summed E-state index contributed by atoms with van der Waals surface area (Å²) < 4.78 is 18.7. The molecule has 4 heteroatoms. The molecule has 1 aliphatic heterocycles. The first-order valence-electron chi connectivity index (χ1n) is 10.3. The first-order chi connectivity index (χ1) is 13.8. The third kappa shape index (κ3) is 5.20. The van der Waals surface area contributed by atoms with Gasteiger partial charge < -0.3 is 19.5 Å².